The highest BCUT2D eigenvalue weighted by atomic mass is 32.2. The number of anilines is 1. The van der Waals surface area contributed by atoms with Gasteiger partial charge in [-0.15, -0.1) is 11.8 Å². The van der Waals surface area contributed by atoms with Gasteiger partial charge in [-0.2, -0.15) is 5.26 Å². The van der Waals surface area contributed by atoms with E-state index in [9.17, 15) is 0 Å². The van der Waals surface area contributed by atoms with Crippen LogP contribution in [0.1, 0.15) is 19.8 Å². The molecule has 0 aliphatic heterocycles. The van der Waals surface area contributed by atoms with Crippen LogP contribution in [0.15, 0.2) is 29.2 Å². The molecule has 0 amide bonds. The molecular weight excluding hydrogens is 204 g/mol. The van der Waals surface area contributed by atoms with E-state index in [1.54, 1.807) is 11.8 Å². The largest absolute Gasteiger partial charge is 0.380 e. The quantitative estimate of drug-likeness (QED) is 0.771. The van der Waals surface area contributed by atoms with Gasteiger partial charge in [0.05, 0.1) is 12.5 Å². The minimum atomic E-state index is 0.253. The number of nitrogens with one attached hydrogen (secondary N) is 1. The summed E-state index contributed by atoms with van der Waals surface area (Å²) in [5.74, 6) is 0. The van der Waals surface area contributed by atoms with Crippen molar-refractivity contribution in [1.82, 2.24) is 0 Å². The third kappa shape index (κ3) is 3.49. The molecule has 0 saturated carbocycles. The fourth-order valence-corrected chi connectivity index (χ4v) is 1.95. The van der Waals surface area contributed by atoms with Crippen LogP contribution in [0.5, 0.6) is 0 Å². The van der Waals surface area contributed by atoms with Gasteiger partial charge >= 0.3 is 0 Å². The number of hydrogen-bond acceptors (Lipinski definition) is 3. The normalized spacial score (nSPS) is 11.8. The zero-order chi connectivity index (χ0) is 11.1. The van der Waals surface area contributed by atoms with E-state index in [1.807, 2.05) is 12.1 Å². The highest BCUT2D eigenvalue weighted by Gasteiger charge is 2.07. The summed E-state index contributed by atoms with van der Waals surface area (Å²) in [5, 5.41) is 12.1. The molecule has 15 heavy (non-hydrogen) atoms. The number of para-hydroxylation sites is 1. The fraction of sp³-hybridized carbons (Fsp3) is 0.417. The van der Waals surface area contributed by atoms with Gasteiger partial charge in [0.1, 0.15) is 0 Å². The van der Waals surface area contributed by atoms with Gasteiger partial charge in [0.25, 0.3) is 0 Å². The van der Waals surface area contributed by atoms with Crippen molar-refractivity contribution >= 4 is 17.4 Å². The molecule has 1 N–H and O–H groups in total. The van der Waals surface area contributed by atoms with Gasteiger partial charge in [-0.1, -0.05) is 19.1 Å². The van der Waals surface area contributed by atoms with E-state index in [0.29, 0.717) is 6.42 Å². The van der Waals surface area contributed by atoms with Crippen LogP contribution in [-0.2, 0) is 0 Å². The molecule has 0 aromatic heterocycles. The maximum atomic E-state index is 8.68. The Morgan fingerprint density at radius 3 is 2.80 bits per heavy atom. The van der Waals surface area contributed by atoms with E-state index < -0.39 is 0 Å². The van der Waals surface area contributed by atoms with Crippen LogP contribution in [0, 0.1) is 11.3 Å². The highest BCUT2D eigenvalue weighted by molar-refractivity contribution is 7.98. The number of rotatable bonds is 5. The molecule has 0 heterocycles. The number of thioether (sulfide) groups is 1. The van der Waals surface area contributed by atoms with Crippen LogP contribution >= 0.6 is 11.8 Å². The summed E-state index contributed by atoms with van der Waals surface area (Å²) in [4.78, 5) is 1.23. The Bertz CT molecular complexity index is 344. The van der Waals surface area contributed by atoms with Crippen molar-refractivity contribution in [1.29, 1.82) is 5.26 Å². The average Bonchev–Trinajstić information content (AvgIpc) is 2.29. The van der Waals surface area contributed by atoms with Crippen LogP contribution in [0.4, 0.5) is 5.69 Å². The fourth-order valence-electron chi connectivity index (χ4n) is 1.39. The lowest BCUT2D eigenvalue weighted by Crippen LogP contribution is -2.17. The molecule has 0 aliphatic carbocycles. The lowest BCUT2D eigenvalue weighted by atomic mass is 10.1. The summed E-state index contributed by atoms with van der Waals surface area (Å²) >= 11 is 1.72. The van der Waals surface area contributed by atoms with Gasteiger partial charge in [-0.3, -0.25) is 0 Å². The Morgan fingerprint density at radius 1 is 1.47 bits per heavy atom. The summed E-state index contributed by atoms with van der Waals surface area (Å²) < 4.78 is 0. The summed E-state index contributed by atoms with van der Waals surface area (Å²) in [6.07, 6.45) is 3.58. The first kappa shape index (κ1) is 11.9. The minimum absolute atomic E-state index is 0.253. The van der Waals surface area contributed by atoms with Gasteiger partial charge in [0.2, 0.25) is 0 Å². The predicted molar refractivity (Wildman–Crippen MR) is 66.2 cm³/mol. The van der Waals surface area contributed by atoms with Crippen molar-refractivity contribution in [3.63, 3.8) is 0 Å². The van der Waals surface area contributed by atoms with Crippen molar-refractivity contribution in [2.24, 2.45) is 0 Å². The summed E-state index contributed by atoms with van der Waals surface area (Å²) in [6.45, 7) is 2.09. The molecule has 0 fully saturated rings. The third-order valence-electron chi connectivity index (χ3n) is 2.30. The molecule has 0 spiro atoms. The molecule has 80 valence electrons. The zero-order valence-corrected chi connectivity index (χ0v) is 9.97. The van der Waals surface area contributed by atoms with E-state index >= 15 is 0 Å². The topological polar surface area (TPSA) is 35.8 Å². The molecule has 0 saturated heterocycles. The van der Waals surface area contributed by atoms with E-state index in [0.717, 1.165) is 12.1 Å². The molecule has 2 nitrogen and oxygen atoms in total. The summed E-state index contributed by atoms with van der Waals surface area (Å²) in [6, 6.07) is 10.7. The van der Waals surface area contributed by atoms with Crippen molar-refractivity contribution < 1.29 is 0 Å². The van der Waals surface area contributed by atoms with Crippen LogP contribution in [0.2, 0.25) is 0 Å². The maximum absolute atomic E-state index is 8.68. The van der Waals surface area contributed by atoms with Crippen LogP contribution < -0.4 is 5.32 Å². The van der Waals surface area contributed by atoms with Gasteiger partial charge in [0, 0.05) is 16.6 Å². The van der Waals surface area contributed by atoms with Gasteiger partial charge in [0.15, 0.2) is 0 Å². The van der Waals surface area contributed by atoms with Gasteiger partial charge < -0.3 is 5.32 Å². The maximum Gasteiger partial charge on any atom is 0.0643 e. The molecule has 0 radical (unpaired) electrons. The van der Waals surface area contributed by atoms with Crippen molar-refractivity contribution in [3.8, 4) is 6.07 Å². The minimum Gasteiger partial charge on any atom is -0.380 e. The Morgan fingerprint density at radius 2 is 2.20 bits per heavy atom. The first-order valence-electron chi connectivity index (χ1n) is 5.08. The lowest BCUT2D eigenvalue weighted by molar-refractivity contribution is 0.709. The highest BCUT2D eigenvalue weighted by Crippen LogP contribution is 2.25. The molecule has 1 aromatic rings. The van der Waals surface area contributed by atoms with E-state index in [1.165, 1.54) is 4.90 Å². The van der Waals surface area contributed by atoms with E-state index in [-0.39, 0.29) is 6.04 Å². The molecule has 1 unspecified atom stereocenters. The standard InChI is InChI=1S/C12H16N2S/c1-3-10(8-9-13)14-11-6-4-5-7-12(11)15-2/h4-7,10,14H,3,8H2,1-2H3. The Balaban J connectivity index is 2.74. The van der Waals surface area contributed by atoms with Crippen LogP contribution in [0.3, 0.4) is 0 Å². The second-order valence-electron chi connectivity index (χ2n) is 3.31. The Labute approximate surface area is 95.7 Å². The molecule has 1 atom stereocenters. The average molecular weight is 220 g/mol. The second kappa shape index (κ2) is 6.36. The Kier molecular flexibility index (Phi) is 5.06. The van der Waals surface area contributed by atoms with E-state index in [4.69, 9.17) is 5.26 Å². The van der Waals surface area contributed by atoms with Crippen LogP contribution in [0.25, 0.3) is 0 Å². The van der Waals surface area contributed by atoms with Crippen molar-refractivity contribution in [2.75, 3.05) is 11.6 Å². The van der Waals surface area contributed by atoms with Gasteiger partial charge in [-0.25, -0.2) is 0 Å². The number of hydrogen-bond donors (Lipinski definition) is 1. The molecule has 1 aromatic carbocycles. The summed E-state index contributed by atoms with van der Waals surface area (Å²) in [7, 11) is 0. The van der Waals surface area contributed by atoms with Gasteiger partial charge in [-0.05, 0) is 24.8 Å². The van der Waals surface area contributed by atoms with E-state index in [2.05, 4.69) is 36.7 Å². The third-order valence-corrected chi connectivity index (χ3v) is 3.09. The lowest BCUT2D eigenvalue weighted by Gasteiger charge is -2.17. The number of benzene rings is 1. The number of nitrogens with zero attached hydrogens (tertiary/aromatic N) is 1. The molecule has 0 bridgehead atoms. The first-order valence-corrected chi connectivity index (χ1v) is 6.30. The predicted octanol–water partition coefficient (Wildman–Crippen LogP) is 3.51. The molecule has 0 aliphatic rings. The Hall–Kier alpha value is -1.14. The second-order valence-corrected chi connectivity index (χ2v) is 4.16. The smallest absolute Gasteiger partial charge is 0.0643 e. The van der Waals surface area contributed by atoms with Crippen LogP contribution in [-0.4, -0.2) is 12.3 Å². The first-order chi connectivity index (χ1) is 7.31. The number of nitriles is 1. The monoisotopic (exact) mass is 220 g/mol. The molecule has 1 rings (SSSR count). The van der Waals surface area contributed by atoms with Crippen molar-refractivity contribution in [2.45, 2.75) is 30.7 Å². The molecular formula is C12H16N2S. The van der Waals surface area contributed by atoms with Crippen molar-refractivity contribution in [3.05, 3.63) is 24.3 Å². The summed E-state index contributed by atoms with van der Waals surface area (Å²) in [5.41, 5.74) is 1.13. The SMILES string of the molecule is CCC(CC#N)Nc1ccccc1SC. The molecule has 3 heteroatoms. The zero-order valence-electron chi connectivity index (χ0n) is 9.16.